The first kappa shape index (κ1) is 40.8. The third-order valence-electron chi connectivity index (χ3n) is 10.2. The molecule has 0 aromatic carbocycles. The van der Waals surface area contributed by atoms with Gasteiger partial charge in [0.25, 0.3) is 0 Å². The minimum Gasteiger partial charge on any atom is -0.301 e. The topological polar surface area (TPSA) is 16.2 Å². The fraction of sp³-hybridized carbons (Fsp3) is 1.00. The molecule has 4 rings (SSSR count). The molecule has 0 saturated carbocycles. The van der Waals surface area contributed by atoms with Gasteiger partial charge in [-0.2, -0.15) is 0 Å². The molecule has 4 fully saturated rings. The van der Waals surface area contributed by atoms with Crippen molar-refractivity contribution in [2.45, 2.75) is 146 Å². The number of hydrogen-bond acceptors (Lipinski definition) is 5. The number of nitrogens with zero attached hydrogens (tertiary/aromatic N) is 5. The summed E-state index contributed by atoms with van der Waals surface area (Å²) in [6, 6.07) is 2.21. The lowest BCUT2D eigenvalue weighted by molar-refractivity contribution is 0.0686. The summed E-state index contributed by atoms with van der Waals surface area (Å²) < 4.78 is 0. The lowest BCUT2D eigenvalue weighted by Crippen LogP contribution is -2.51. The Labute approximate surface area is 272 Å². The van der Waals surface area contributed by atoms with Gasteiger partial charge in [0.2, 0.25) is 0 Å². The average Bonchev–Trinajstić information content (AvgIpc) is 3.00. The fourth-order valence-corrected chi connectivity index (χ4v) is 7.07. The highest BCUT2D eigenvalue weighted by molar-refractivity contribution is 4.82. The number of likely N-dealkylation sites (tertiary alicyclic amines) is 3. The maximum Gasteiger partial charge on any atom is 0.0110 e. The summed E-state index contributed by atoms with van der Waals surface area (Å²) in [4.78, 5) is 13.4. The molecular weight excluding hydrogens is 526 g/mol. The van der Waals surface area contributed by atoms with Crippen molar-refractivity contribution in [3.05, 3.63) is 0 Å². The highest BCUT2D eigenvalue weighted by Gasteiger charge is 2.27. The van der Waals surface area contributed by atoms with Crippen LogP contribution in [0.15, 0.2) is 0 Å². The molecule has 0 aliphatic carbocycles. The van der Waals surface area contributed by atoms with Crippen LogP contribution in [0.25, 0.3) is 0 Å². The Balaban J connectivity index is 0.000000450. The third kappa shape index (κ3) is 17.3. The molecule has 4 saturated heterocycles. The molecule has 0 atom stereocenters. The average molecular weight is 608 g/mol. The first-order valence-corrected chi connectivity index (χ1v) is 19.1. The number of piperidine rings is 3. The fourth-order valence-electron chi connectivity index (χ4n) is 7.07. The summed E-state index contributed by atoms with van der Waals surface area (Å²) in [7, 11) is 0. The van der Waals surface area contributed by atoms with Crippen LogP contribution in [0.4, 0.5) is 0 Å². The van der Waals surface area contributed by atoms with Gasteiger partial charge < -0.3 is 24.5 Å². The van der Waals surface area contributed by atoms with Crippen LogP contribution in [0.1, 0.15) is 128 Å². The molecule has 0 N–H and O–H groups in total. The van der Waals surface area contributed by atoms with E-state index >= 15 is 0 Å². The van der Waals surface area contributed by atoms with Crippen molar-refractivity contribution in [3.63, 3.8) is 0 Å². The van der Waals surface area contributed by atoms with Crippen LogP contribution in [0.2, 0.25) is 0 Å². The number of rotatable bonds is 8. The van der Waals surface area contributed by atoms with Crippen molar-refractivity contribution >= 4 is 0 Å². The summed E-state index contributed by atoms with van der Waals surface area (Å²) in [6.07, 6.45) is 9.87. The van der Waals surface area contributed by atoms with Crippen LogP contribution in [0.3, 0.4) is 0 Å². The van der Waals surface area contributed by atoms with Gasteiger partial charge in [0.1, 0.15) is 0 Å². The first-order chi connectivity index (χ1) is 20.5. The van der Waals surface area contributed by atoms with Gasteiger partial charge in [0.15, 0.2) is 0 Å². The summed E-state index contributed by atoms with van der Waals surface area (Å²) in [5.74, 6) is 3.74. The number of piperazine rings is 1. The van der Waals surface area contributed by atoms with Crippen molar-refractivity contribution in [2.75, 3.05) is 78.5 Å². The van der Waals surface area contributed by atoms with Gasteiger partial charge >= 0.3 is 0 Å². The Hall–Kier alpha value is -0.200. The lowest BCUT2D eigenvalue weighted by atomic mass is 9.94. The maximum atomic E-state index is 2.76. The van der Waals surface area contributed by atoms with Crippen LogP contribution >= 0.6 is 0 Å². The van der Waals surface area contributed by atoms with E-state index in [-0.39, 0.29) is 0 Å². The molecule has 5 nitrogen and oxygen atoms in total. The van der Waals surface area contributed by atoms with E-state index in [9.17, 15) is 0 Å². The van der Waals surface area contributed by atoms with Crippen LogP contribution in [-0.2, 0) is 0 Å². The van der Waals surface area contributed by atoms with Crippen molar-refractivity contribution in [1.82, 2.24) is 24.5 Å². The second kappa shape index (κ2) is 23.2. The first-order valence-electron chi connectivity index (χ1n) is 19.1. The molecule has 0 unspecified atom stereocenters. The van der Waals surface area contributed by atoms with Crippen molar-refractivity contribution in [1.29, 1.82) is 0 Å². The zero-order valence-corrected chi connectivity index (χ0v) is 31.7. The zero-order valence-electron chi connectivity index (χ0n) is 31.7. The molecule has 0 aromatic rings. The molecule has 0 amide bonds. The van der Waals surface area contributed by atoms with Crippen LogP contribution in [-0.4, -0.2) is 121 Å². The highest BCUT2D eigenvalue weighted by atomic mass is 15.3. The van der Waals surface area contributed by atoms with Crippen molar-refractivity contribution in [2.24, 2.45) is 23.7 Å². The Morgan fingerprint density at radius 2 is 0.651 bits per heavy atom. The van der Waals surface area contributed by atoms with E-state index < -0.39 is 0 Å². The van der Waals surface area contributed by atoms with Crippen molar-refractivity contribution < 1.29 is 0 Å². The predicted octanol–water partition coefficient (Wildman–Crippen LogP) is 8.05. The van der Waals surface area contributed by atoms with Gasteiger partial charge in [-0.05, 0) is 143 Å². The van der Waals surface area contributed by atoms with Gasteiger partial charge in [-0.15, -0.1) is 0 Å². The Kier molecular flexibility index (Phi) is 22.0. The Morgan fingerprint density at radius 1 is 0.419 bits per heavy atom. The zero-order chi connectivity index (χ0) is 32.4. The van der Waals surface area contributed by atoms with E-state index in [1.54, 1.807) is 0 Å². The molecular formula is C38H81N5. The summed E-state index contributed by atoms with van der Waals surface area (Å²) in [5.41, 5.74) is 0. The van der Waals surface area contributed by atoms with Crippen LogP contribution < -0.4 is 0 Å². The molecule has 0 bridgehead atoms. The van der Waals surface area contributed by atoms with Crippen LogP contribution in [0, 0.1) is 23.7 Å². The minimum atomic E-state index is 0.729. The molecule has 0 aromatic heterocycles. The van der Waals surface area contributed by atoms with E-state index in [2.05, 4.69) is 93.7 Å². The van der Waals surface area contributed by atoms with Gasteiger partial charge in [-0.3, -0.25) is 0 Å². The Morgan fingerprint density at radius 3 is 0.860 bits per heavy atom. The quantitative estimate of drug-likeness (QED) is 0.277. The summed E-state index contributed by atoms with van der Waals surface area (Å²) >= 11 is 0. The normalized spacial score (nSPS) is 23.2. The number of hydrogen-bond donors (Lipinski definition) is 0. The monoisotopic (exact) mass is 608 g/mol. The highest BCUT2D eigenvalue weighted by Crippen LogP contribution is 2.23. The summed E-state index contributed by atoms with van der Waals surface area (Å²) in [5, 5.41) is 0. The van der Waals surface area contributed by atoms with E-state index in [0.717, 1.165) is 41.8 Å². The van der Waals surface area contributed by atoms with E-state index in [1.807, 2.05) is 13.8 Å². The largest absolute Gasteiger partial charge is 0.301 e. The Bertz CT molecular complexity index is 577. The van der Waals surface area contributed by atoms with E-state index in [0.29, 0.717) is 0 Å². The maximum absolute atomic E-state index is 2.76. The van der Waals surface area contributed by atoms with Crippen molar-refractivity contribution in [3.8, 4) is 0 Å². The van der Waals surface area contributed by atoms with Gasteiger partial charge in [0.05, 0.1) is 0 Å². The summed E-state index contributed by atoms with van der Waals surface area (Å²) in [6.45, 7) is 42.6. The molecule has 258 valence electrons. The molecule has 4 aliphatic rings. The standard InChI is InChI=1S/C22H44N4.C10H21N.C4H10.C2H6/c1-19(2)25-9-5-21(6-10-25)17-23-13-15-24(16-14-23)18-22-7-11-26(12-8-22)20(3)4;1-4-10-5-7-11(8-6-10)9(2)3;1-4(2)3;1-2/h19-22H,5-18H2,1-4H3;9-10H,4-8H2,1-3H3;4H,1-3H3;1-2H3. The second-order valence-corrected chi connectivity index (χ2v) is 15.5. The SMILES string of the molecule is CC.CC(C)C.CC(C)N1CCC(CN2CCN(CC3CCN(C(C)C)CC3)CC2)CC1.CCC1CCN(C(C)C)CC1. The third-order valence-corrected chi connectivity index (χ3v) is 10.2. The molecule has 4 heterocycles. The van der Waals surface area contributed by atoms with Crippen LogP contribution in [0.5, 0.6) is 0 Å². The molecule has 0 radical (unpaired) electrons. The molecule has 4 aliphatic heterocycles. The lowest BCUT2D eigenvalue weighted by Gasteiger charge is -2.41. The minimum absolute atomic E-state index is 0.729. The van der Waals surface area contributed by atoms with Gasteiger partial charge in [-0.25, -0.2) is 0 Å². The van der Waals surface area contributed by atoms with Gasteiger partial charge in [0, 0.05) is 57.4 Å². The molecule has 43 heavy (non-hydrogen) atoms. The molecule has 0 spiro atoms. The van der Waals surface area contributed by atoms with E-state index in [4.69, 9.17) is 0 Å². The predicted molar refractivity (Wildman–Crippen MR) is 193 cm³/mol. The van der Waals surface area contributed by atoms with Gasteiger partial charge in [-0.1, -0.05) is 48.0 Å². The second-order valence-electron chi connectivity index (χ2n) is 15.5. The van der Waals surface area contributed by atoms with E-state index in [1.165, 1.54) is 123 Å². The molecule has 5 heteroatoms. The smallest absolute Gasteiger partial charge is 0.0110 e.